The maximum atomic E-state index is 13.3. The number of phenols is 1. The fourth-order valence-electron chi connectivity index (χ4n) is 3.37. The normalized spacial score (nSPS) is 16.3. The largest absolute Gasteiger partial charge is 0.508 e. The molecule has 1 aliphatic heterocycles. The number of fused-ring (bicyclic) bond motifs is 1. The van der Waals surface area contributed by atoms with Gasteiger partial charge in [-0.1, -0.05) is 53.8 Å². The lowest BCUT2D eigenvalue weighted by Crippen LogP contribution is -2.39. The molecular formula is C22H18N2O4S. The van der Waals surface area contributed by atoms with Crippen LogP contribution in [0.3, 0.4) is 0 Å². The standard InChI is InChI=1S/C22H18N2O4S/c1-13-18(21(27)28-2)19(15-6-4-3-5-7-15)24-20(26)17(29-22(24)23-13)12-14-8-10-16(25)11-9-14/h3-12,19,25H,1-2H3/t19-/m0/s1. The Labute approximate surface area is 170 Å². The van der Waals surface area contributed by atoms with Crippen molar-refractivity contribution < 1.29 is 14.6 Å². The number of ether oxygens (including phenoxy) is 1. The van der Waals surface area contributed by atoms with Crippen molar-refractivity contribution in [3.8, 4) is 5.75 Å². The van der Waals surface area contributed by atoms with Crippen molar-refractivity contribution >= 4 is 23.4 Å². The van der Waals surface area contributed by atoms with Crippen molar-refractivity contribution in [3.63, 3.8) is 0 Å². The maximum Gasteiger partial charge on any atom is 0.338 e. The zero-order chi connectivity index (χ0) is 20.5. The molecule has 1 aliphatic rings. The van der Waals surface area contributed by atoms with E-state index in [1.165, 1.54) is 18.4 Å². The molecule has 2 aromatic carbocycles. The van der Waals surface area contributed by atoms with Crippen LogP contribution in [-0.4, -0.2) is 22.8 Å². The molecule has 3 aromatic rings. The molecule has 146 valence electrons. The molecule has 0 radical (unpaired) electrons. The molecule has 2 heterocycles. The van der Waals surface area contributed by atoms with Crippen LogP contribution >= 0.6 is 11.3 Å². The Morgan fingerprint density at radius 1 is 1.17 bits per heavy atom. The van der Waals surface area contributed by atoms with Crippen LogP contribution in [0.4, 0.5) is 0 Å². The first-order valence-electron chi connectivity index (χ1n) is 8.94. The zero-order valence-corrected chi connectivity index (χ0v) is 16.6. The van der Waals surface area contributed by atoms with Crippen LogP contribution in [0.2, 0.25) is 0 Å². The second-order valence-corrected chi connectivity index (χ2v) is 7.58. The maximum absolute atomic E-state index is 13.3. The van der Waals surface area contributed by atoms with E-state index in [9.17, 15) is 14.7 Å². The van der Waals surface area contributed by atoms with Gasteiger partial charge in [0.1, 0.15) is 5.75 Å². The molecule has 0 saturated carbocycles. The number of rotatable bonds is 3. The van der Waals surface area contributed by atoms with E-state index in [2.05, 4.69) is 4.99 Å². The number of benzene rings is 2. The van der Waals surface area contributed by atoms with Crippen LogP contribution in [0.15, 0.2) is 75.7 Å². The van der Waals surface area contributed by atoms with Crippen molar-refractivity contribution in [2.75, 3.05) is 7.11 Å². The number of methoxy groups -OCH3 is 1. The number of carbonyl (C=O) groups excluding carboxylic acids is 1. The molecule has 1 N–H and O–H groups in total. The highest BCUT2D eigenvalue weighted by Gasteiger charge is 2.32. The molecule has 7 heteroatoms. The summed E-state index contributed by atoms with van der Waals surface area (Å²) in [4.78, 5) is 30.9. The predicted molar refractivity (Wildman–Crippen MR) is 110 cm³/mol. The molecule has 0 spiro atoms. The number of aromatic nitrogens is 1. The quantitative estimate of drug-likeness (QED) is 0.676. The van der Waals surface area contributed by atoms with Gasteiger partial charge in [-0.15, -0.1) is 0 Å². The summed E-state index contributed by atoms with van der Waals surface area (Å²) in [7, 11) is 1.32. The van der Waals surface area contributed by atoms with Crippen molar-refractivity contribution in [1.29, 1.82) is 0 Å². The van der Waals surface area contributed by atoms with Gasteiger partial charge in [-0.3, -0.25) is 9.36 Å². The number of hydrogen-bond acceptors (Lipinski definition) is 6. The van der Waals surface area contributed by atoms with Crippen molar-refractivity contribution in [1.82, 2.24) is 4.57 Å². The van der Waals surface area contributed by atoms with Gasteiger partial charge in [-0.25, -0.2) is 9.79 Å². The van der Waals surface area contributed by atoms with Gasteiger partial charge in [0.25, 0.3) is 5.56 Å². The average molecular weight is 406 g/mol. The molecule has 0 bridgehead atoms. The summed E-state index contributed by atoms with van der Waals surface area (Å²) < 4.78 is 7.02. The second kappa shape index (κ2) is 7.52. The summed E-state index contributed by atoms with van der Waals surface area (Å²) in [6.07, 6.45) is 1.75. The van der Waals surface area contributed by atoms with Crippen molar-refractivity contribution in [2.24, 2.45) is 4.99 Å². The Kier molecular flexibility index (Phi) is 4.90. The zero-order valence-electron chi connectivity index (χ0n) is 15.8. The Hall–Kier alpha value is -3.45. The first kappa shape index (κ1) is 18.9. The van der Waals surface area contributed by atoms with E-state index in [4.69, 9.17) is 4.74 Å². The molecular weight excluding hydrogens is 388 g/mol. The molecule has 0 fully saturated rings. The van der Waals surface area contributed by atoms with Gasteiger partial charge >= 0.3 is 5.97 Å². The summed E-state index contributed by atoms with van der Waals surface area (Å²) in [6, 6.07) is 15.4. The number of carbonyl (C=O) groups is 1. The minimum atomic E-state index is -0.609. The first-order chi connectivity index (χ1) is 14.0. The van der Waals surface area contributed by atoms with E-state index in [1.807, 2.05) is 30.3 Å². The number of aromatic hydroxyl groups is 1. The molecule has 4 rings (SSSR count). The van der Waals surface area contributed by atoms with E-state index < -0.39 is 12.0 Å². The van der Waals surface area contributed by atoms with Crippen LogP contribution in [0.5, 0.6) is 5.75 Å². The minimum Gasteiger partial charge on any atom is -0.508 e. The lowest BCUT2D eigenvalue weighted by molar-refractivity contribution is -0.136. The summed E-state index contributed by atoms with van der Waals surface area (Å²) in [5.41, 5.74) is 2.24. The highest BCUT2D eigenvalue weighted by molar-refractivity contribution is 7.07. The highest BCUT2D eigenvalue weighted by atomic mass is 32.1. The van der Waals surface area contributed by atoms with Gasteiger partial charge in [0.2, 0.25) is 0 Å². The summed E-state index contributed by atoms with van der Waals surface area (Å²) >= 11 is 1.26. The monoisotopic (exact) mass is 406 g/mol. The molecule has 29 heavy (non-hydrogen) atoms. The smallest absolute Gasteiger partial charge is 0.338 e. The van der Waals surface area contributed by atoms with Crippen LogP contribution < -0.4 is 14.9 Å². The number of hydrogen-bond donors (Lipinski definition) is 1. The molecule has 6 nitrogen and oxygen atoms in total. The fourth-order valence-corrected chi connectivity index (χ4v) is 4.41. The van der Waals surface area contributed by atoms with Gasteiger partial charge in [0, 0.05) is 0 Å². The fraction of sp³-hybridized carbons (Fsp3) is 0.136. The summed E-state index contributed by atoms with van der Waals surface area (Å²) in [5.74, 6) is -0.348. The Bertz CT molecular complexity index is 1290. The van der Waals surface area contributed by atoms with Gasteiger partial charge in [-0.2, -0.15) is 0 Å². The van der Waals surface area contributed by atoms with Crippen LogP contribution in [0.25, 0.3) is 6.08 Å². The summed E-state index contributed by atoms with van der Waals surface area (Å²) in [5, 5.41) is 9.46. The number of phenolic OH excluding ortho intramolecular Hbond substituents is 1. The predicted octanol–water partition coefficient (Wildman–Crippen LogP) is 2.11. The van der Waals surface area contributed by atoms with Gasteiger partial charge in [-0.05, 0) is 36.3 Å². The van der Waals surface area contributed by atoms with Gasteiger partial charge < -0.3 is 9.84 Å². The van der Waals surface area contributed by atoms with Gasteiger partial charge in [0.05, 0.1) is 29.0 Å². The highest BCUT2D eigenvalue weighted by Crippen LogP contribution is 2.30. The lowest BCUT2D eigenvalue weighted by Gasteiger charge is -2.24. The Balaban J connectivity index is 1.97. The van der Waals surface area contributed by atoms with E-state index in [0.29, 0.717) is 20.6 Å². The van der Waals surface area contributed by atoms with E-state index in [0.717, 1.165) is 11.1 Å². The topological polar surface area (TPSA) is 80.9 Å². The van der Waals surface area contributed by atoms with E-state index in [1.54, 1.807) is 41.8 Å². The number of nitrogens with zero attached hydrogens (tertiary/aromatic N) is 2. The van der Waals surface area contributed by atoms with E-state index >= 15 is 0 Å². The third-order valence-corrected chi connectivity index (χ3v) is 5.72. The third-order valence-electron chi connectivity index (χ3n) is 4.73. The lowest BCUT2D eigenvalue weighted by atomic mass is 9.96. The third kappa shape index (κ3) is 3.40. The SMILES string of the molecule is COC(=O)C1=C(C)N=c2sc(=Cc3ccc(O)cc3)c(=O)n2[C@H]1c1ccccc1. The molecule has 0 saturated heterocycles. The van der Waals surface area contributed by atoms with Crippen molar-refractivity contribution in [2.45, 2.75) is 13.0 Å². The van der Waals surface area contributed by atoms with Crippen LogP contribution in [-0.2, 0) is 9.53 Å². The summed E-state index contributed by atoms with van der Waals surface area (Å²) in [6.45, 7) is 1.75. The van der Waals surface area contributed by atoms with Gasteiger partial charge in [0.15, 0.2) is 4.80 Å². The first-order valence-corrected chi connectivity index (χ1v) is 9.76. The molecule has 0 amide bonds. The molecule has 0 aliphatic carbocycles. The average Bonchev–Trinajstić information content (AvgIpc) is 3.03. The number of thiazole rings is 1. The Morgan fingerprint density at radius 2 is 1.86 bits per heavy atom. The van der Waals surface area contributed by atoms with Crippen molar-refractivity contribution in [3.05, 3.63) is 96.7 Å². The number of esters is 1. The molecule has 1 atom stereocenters. The number of allylic oxidation sites excluding steroid dienone is 1. The molecule has 1 aromatic heterocycles. The van der Waals surface area contributed by atoms with Crippen LogP contribution in [0, 0.1) is 0 Å². The van der Waals surface area contributed by atoms with E-state index in [-0.39, 0.29) is 11.3 Å². The second-order valence-electron chi connectivity index (χ2n) is 6.58. The Morgan fingerprint density at radius 3 is 2.52 bits per heavy atom. The minimum absolute atomic E-state index is 0.158. The van der Waals surface area contributed by atoms with Crippen LogP contribution in [0.1, 0.15) is 24.1 Å². The molecule has 0 unspecified atom stereocenters.